The summed E-state index contributed by atoms with van der Waals surface area (Å²) in [7, 11) is 0. The highest BCUT2D eigenvalue weighted by Gasteiger charge is 2.75. The molecule has 1 saturated heterocycles. The van der Waals surface area contributed by atoms with Gasteiger partial charge in [-0.1, -0.05) is 13.8 Å². The topological polar surface area (TPSA) is 18.5 Å². The second-order valence-electron chi connectivity index (χ2n) is 11.0. The smallest absolute Gasteiger partial charge is 0.353 e. The molecule has 0 N–H and O–H groups in total. The quantitative estimate of drug-likeness (QED) is 0.352. The highest BCUT2D eigenvalue weighted by Crippen LogP contribution is 2.72. The molecule has 0 amide bonds. The summed E-state index contributed by atoms with van der Waals surface area (Å²) in [6.07, 6.45) is -9.99. The Morgan fingerprint density at radius 1 is 0.806 bits per heavy atom. The van der Waals surface area contributed by atoms with E-state index in [0.717, 1.165) is 12.8 Å². The molecule has 0 radical (unpaired) electrons. The van der Waals surface area contributed by atoms with E-state index in [1.54, 1.807) is 0 Å². The number of rotatable bonds is 4. The lowest BCUT2D eigenvalue weighted by Crippen LogP contribution is -2.62. The Labute approximate surface area is 179 Å². The van der Waals surface area contributed by atoms with Crippen LogP contribution in [0.3, 0.4) is 0 Å². The van der Waals surface area contributed by atoms with Crippen LogP contribution < -0.4 is 0 Å². The molecule has 8 heteroatoms. The molecule has 4 bridgehead atoms. The number of halogens is 6. The Bertz CT molecular complexity index is 671. The third kappa shape index (κ3) is 3.20. The van der Waals surface area contributed by atoms with Crippen LogP contribution >= 0.6 is 0 Å². The summed E-state index contributed by atoms with van der Waals surface area (Å²) in [5.74, 6) is 2.61. The molecule has 0 aromatic heterocycles. The fourth-order valence-electron chi connectivity index (χ4n) is 8.57. The molecule has 4 saturated carbocycles. The average molecular weight is 454 g/mol. The van der Waals surface area contributed by atoms with Gasteiger partial charge >= 0.3 is 12.4 Å². The predicted molar refractivity (Wildman–Crippen MR) is 101 cm³/mol. The van der Waals surface area contributed by atoms with E-state index < -0.39 is 36.6 Å². The fraction of sp³-hybridized carbons (Fsp3) is 1.00. The minimum Gasteiger partial charge on any atom is -0.353 e. The molecule has 0 aromatic rings. The Morgan fingerprint density at radius 2 is 1.45 bits per heavy atom. The number of hydrogen-bond donors (Lipinski definition) is 0. The van der Waals surface area contributed by atoms with Crippen molar-refractivity contribution in [3.8, 4) is 0 Å². The van der Waals surface area contributed by atoms with Gasteiger partial charge < -0.3 is 9.47 Å². The van der Waals surface area contributed by atoms with Gasteiger partial charge in [0.15, 0.2) is 6.29 Å². The van der Waals surface area contributed by atoms with Gasteiger partial charge in [0, 0.05) is 6.61 Å². The number of fused-ring (bicyclic) bond motifs is 9. The van der Waals surface area contributed by atoms with E-state index in [4.69, 9.17) is 9.47 Å². The molecule has 10 unspecified atom stereocenters. The standard InChI is InChI=1S/C23H32F6O2/c1-11-12(2)16-9-15(11)19-13-7-14(17(8-13)20(16)19)10-21(22(24,25)26,23(27,28)29)31-18-5-3-4-6-30-18/h11-20H,3-10H2,1-2H3. The SMILES string of the molecule is CC1C(C)C2CC1C1C3CC(CC(OC4CCCCO4)(C(F)(F)F)C(F)(F)F)C(C3)C21. The highest BCUT2D eigenvalue weighted by molar-refractivity contribution is 5.15. The second-order valence-corrected chi connectivity index (χ2v) is 11.0. The van der Waals surface area contributed by atoms with Gasteiger partial charge in [-0.15, -0.1) is 0 Å². The molecular formula is C23H32F6O2. The molecule has 1 aliphatic heterocycles. The summed E-state index contributed by atoms with van der Waals surface area (Å²) in [6, 6.07) is 0. The lowest BCUT2D eigenvalue weighted by atomic mass is 9.61. The minimum absolute atomic E-state index is 0.0418. The zero-order valence-corrected chi connectivity index (χ0v) is 18.0. The average Bonchev–Trinajstić information content (AvgIpc) is 3.40. The summed E-state index contributed by atoms with van der Waals surface area (Å²) >= 11 is 0. The van der Waals surface area contributed by atoms with Gasteiger partial charge in [-0.05, 0) is 98.2 Å². The second kappa shape index (κ2) is 7.25. The van der Waals surface area contributed by atoms with Crippen LogP contribution in [0.5, 0.6) is 0 Å². The fourth-order valence-corrected chi connectivity index (χ4v) is 8.57. The highest BCUT2D eigenvalue weighted by atomic mass is 19.4. The normalized spacial score (nSPS) is 47.2. The van der Waals surface area contributed by atoms with Crippen LogP contribution in [0.4, 0.5) is 26.3 Å². The lowest BCUT2D eigenvalue weighted by Gasteiger charge is -2.47. The zero-order valence-electron chi connectivity index (χ0n) is 18.0. The van der Waals surface area contributed by atoms with Crippen molar-refractivity contribution in [1.82, 2.24) is 0 Å². The van der Waals surface area contributed by atoms with Crippen LogP contribution in [0.15, 0.2) is 0 Å². The largest absolute Gasteiger partial charge is 0.426 e. The maximum absolute atomic E-state index is 14.2. The molecule has 2 nitrogen and oxygen atoms in total. The van der Waals surface area contributed by atoms with Crippen molar-refractivity contribution >= 4 is 0 Å². The van der Waals surface area contributed by atoms with Crippen LogP contribution in [-0.2, 0) is 9.47 Å². The van der Waals surface area contributed by atoms with E-state index in [1.807, 2.05) is 0 Å². The minimum atomic E-state index is -5.54. The Hall–Kier alpha value is -0.500. The van der Waals surface area contributed by atoms with E-state index in [0.29, 0.717) is 54.8 Å². The van der Waals surface area contributed by atoms with Crippen molar-refractivity contribution in [1.29, 1.82) is 0 Å². The first kappa shape index (κ1) is 22.3. The molecule has 0 aromatic carbocycles. The summed E-state index contributed by atoms with van der Waals surface area (Å²) in [4.78, 5) is 0. The number of hydrogen-bond acceptors (Lipinski definition) is 2. The van der Waals surface area contributed by atoms with E-state index in [2.05, 4.69) is 13.8 Å². The van der Waals surface area contributed by atoms with E-state index >= 15 is 0 Å². The van der Waals surface area contributed by atoms with Crippen LogP contribution in [0, 0.1) is 53.3 Å². The summed E-state index contributed by atoms with van der Waals surface area (Å²) in [5.41, 5.74) is -4.15. The van der Waals surface area contributed by atoms with E-state index in [-0.39, 0.29) is 24.9 Å². The first-order valence-corrected chi connectivity index (χ1v) is 11.9. The third-order valence-electron chi connectivity index (χ3n) is 9.92. The number of alkyl halides is 6. The molecule has 31 heavy (non-hydrogen) atoms. The van der Waals surface area contributed by atoms with Gasteiger partial charge in [-0.2, -0.15) is 26.3 Å². The summed E-state index contributed by atoms with van der Waals surface area (Å²) in [5, 5.41) is 0. The van der Waals surface area contributed by atoms with Crippen LogP contribution in [-0.4, -0.2) is 30.9 Å². The molecule has 0 spiro atoms. The predicted octanol–water partition coefficient (Wildman–Crippen LogP) is 6.59. The van der Waals surface area contributed by atoms with Crippen molar-refractivity contribution in [2.45, 2.75) is 83.0 Å². The third-order valence-corrected chi connectivity index (χ3v) is 9.92. The van der Waals surface area contributed by atoms with E-state index in [9.17, 15) is 26.3 Å². The van der Waals surface area contributed by atoms with Crippen LogP contribution in [0.1, 0.15) is 58.8 Å². The Kier molecular flexibility index (Phi) is 5.21. The monoisotopic (exact) mass is 454 g/mol. The maximum atomic E-state index is 14.2. The molecule has 5 fully saturated rings. The van der Waals surface area contributed by atoms with E-state index in [1.165, 1.54) is 0 Å². The Morgan fingerprint density at radius 3 is 2.03 bits per heavy atom. The van der Waals surface area contributed by atoms with Gasteiger partial charge in [-0.25, -0.2) is 0 Å². The first-order chi connectivity index (χ1) is 14.4. The maximum Gasteiger partial charge on any atom is 0.426 e. The van der Waals surface area contributed by atoms with Crippen molar-refractivity contribution < 1.29 is 35.8 Å². The van der Waals surface area contributed by atoms with Gasteiger partial charge in [0.2, 0.25) is 0 Å². The van der Waals surface area contributed by atoms with Crippen LogP contribution in [0.25, 0.3) is 0 Å². The van der Waals surface area contributed by atoms with Gasteiger partial charge in [0.25, 0.3) is 5.60 Å². The van der Waals surface area contributed by atoms with Crippen molar-refractivity contribution in [3.63, 3.8) is 0 Å². The van der Waals surface area contributed by atoms with Crippen molar-refractivity contribution in [2.24, 2.45) is 53.3 Å². The van der Waals surface area contributed by atoms with Gasteiger partial charge in [-0.3, -0.25) is 0 Å². The molecule has 10 atom stereocenters. The molecule has 4 aliphatic carbocycles. The van der Waals surface area contributed by atoms with Crippen molar-refractivity contribution in [2.75, 3.05) is 6.61 Å². The van der Waals surface area contributed by atoms with Gasteiger partial charge in [0.05, 0.1) is 0 Å². The zero-order chi connectivity index (χ0) is 22.3. The van der Waals surface area contributed by atoms with Crippen molar-refractivity contribution in [3.05, 3.63) is 0 Å². The Balaban J connectivity index is 1.41. The lowest BCUT2D eigenvalue weighted by molar-refractivity contribution is -0.416. The molecule has 178 valence electrons. The number of ether oxygens (including phenoxy) is 2. The summed E-state index contributed by atoms with van der Waals surface area (Å²) in [6.45, 7) is 4.62. The molecular weight excluding hydrogens is 422 g/mol. The first-order valence-electron chi connectivity index (χ1n) is 11.9. The molecule has 1 heterocycles. The van der Waals surface area contributed by atoms with Gasteiger partial charge in [0.1, 0.15) is 0 Å². The molecule has 5 rings (SSSR count). The van der Waals surface area contributed by atoms with Crippen LogP contribution in [0.2, 0.25) is 0 Å². The molecule has 5 aliphatic rings. The summed E-state index contributed by atoms with van der Waals surface area (Å²) < 4.78 is 95.0.